The van der Waals surface area contributed by atoms with E-state index in [4.69, 9.17) is 4.74 Å². The number of pyridine rings is 1. The molecular formula is C26H33N3O3. The Kier molecular flexibility index (Phi) is 7.70. The number of methoxy groups -OCH3 is 1. The minimum atomic E-state index is -0.225. The van der Waals surface area contributed by atoms with Crippen molar-refractivity contribution < 1.29 is 9.84 Å². The van der Waals surface area contributed by atoms with E-state index in [0.717, 1.165) is 17.9 Å². The molecule has 2 aromatic carbocycles. The average Bonchev–Trinajstić information content (AvgIpc) is 2.78. The predicted molar refractivity (Wildman–Crippen MR) is 131 cm³/mol. The molecule has 0 unspecified atom stereocenters. The molecule has 0 radical (unpaired) electrons. The van der Waals surface area contributed by atoms with E-state index in [-0.39, 0.29) is 18.0 Å². The lowest BCUT2D eigenvalue weighted by Crippen LogP contribution is -2.38. The number of aromatic hydroxyl groups is 1. The molecule has 1 heterocycles. The highest BCUT2D eigenvalue weighted by atomic mass is 16.5. The van der Waals surface area contributed by atoms with Crippen LogP contribution >= 0.6 is 0 Å². The van der Waals surface area contributed by atoms with E-state index in [9.17, 15) is 9.90 Å². The van der Waals surface area contributed by atoms with Gasteiger partial charge in [0.15, 0.2) is 0 Å². The fourth-order valence-corrected chi connectivity index (χ4v) is 4.04. The smallest absolute Gasteiger partial charge is 0.261 e. The number of aliphatic imine (C=N–C) groups is 1. The van der Waals surface area contributed by atoms with Crippen LogP contribution in [0.3, 0.4) is 0 Å². The molecule has 170 valence electrons. The lowest BCUT2D eigenvalue weighted by Gasteiger charge is -2.29. The summed E-state index contributed by atoms with van der Waals surface area (Å²) in [4.78, 5) is 20.1. The van der Waals surface area contributed by atoms with Gasteiger partial charge < -0.3 is 9.84 Å². The highest BCUT2D eigenvalue weighted by molar-refractivity contribution is 6.01. The summed E-state index contributed by atoms with van der Waals surface area (Å²) in [7, 11) is 1.61. The van der Waals surface area contributed by atoms with Crippen LogP contribution in [-0.4, -0.2) is 53.1 Å². The topological polar surface area (TPSA) is 67.1 Å². The first-order valence-corrected chi connectivity index (χ1v) is 11.1. The second kappa shape index (κ2) is 10.5. The number of hydrogen-bond donors (Lipinski definition) is 1. The van der Waals surface area contributed by atoms with E-state index in [1.807, 2.05) is 42.5 Å². The maximum atomic E-state index is 13.1. The molecule has 3 aromatic rings. The maximum absolute atomic E-state index is 13.1. The predicted octanol–water partition coefficient (Wildman–Crippen LogP) is 4.30. The zero-order chi connectivity index (χ0) is 23.3. The van der Waals surface area contributed by atoms with Gasteiger partial charge in [-0.2, -0.15) is 0 Å². The Hall–Kier alpha value is -3.12. The molecule has 0 saturated heterocycles. The molecule has 32 heavy (non-hydrogen) atoms. The number of fused-ring (bicyclic) bond motifs is 1. The van der Waals surface area contributed by atoms with Crippen molar-refractivity contribution in [3.63, 3.8) is 0 Å². The molecule has 0 bridgehead atoms. The fourth-order valence-electron chi connectivity index (χ4n) is 4.04. The Morgan fingerprint density at radius 2 is 1.66 bits per heavy atom. The molecule has 0 atom stereocenters. The first kappa shape index (κ1) is 23.5. The van der Waals surface area contributed by atoms with Gasteiger partial charge >= 0.3 is 0 Å². The first-order chi connectivity index (χ1) is 15.3. The second-order valence-corrected chi connectivity index (χ2v) is 8.48. The van der Waals surface area contributed by atoms with Gasteiger partial charge in [0.05, 0.1) is 25.8 Å². The van der Waals surface area contributed by atoms with Crippen LogP contribution in [0.2, 0.25) is 0 Å². The van der Waals surface area contributed by atoms with Crippen molar-refractivity contribution >= 4 is 17.0 Å². The highest BCUT2D eigenvalue weighted by Gasteiger charge is 2.16. The molecule has 6 heteroatoms. The number of aromatic nitrogens is 1. The second-order valence-electron chi connectivity index (χ2n) is 8.48. The minimum Gasteiger partial charge on any atom is -0.497 e. The average molecular weight is 436 g/mol. The molecule has 0 fully saturated rings. The fraction of sp³-hybridized carbons (Fsp3) is 0.385. The maximum Gasteiger partial charge on any atom is 0.261 e. The summed E-state index contributed by atoms with van der Waals surface area (Å²) in [5, 5.41) is 12.3. The zero-order valence-corrected chi connectivity index (χ0v) is 19.6. The molecule has 0 saturated carbocycles. The third-order valence-electron chi connectivity index (χ3n) is 5.72. The van der Waals surface area contributed by atoms with E-state index in [1.54, 1.807) is 19.4 Å². The molecule has 0 aliphatic carbocycles. The van der Waals surface area contributed by atoms with Crippen LogP contribution < -0.4 is 10.3 Å². The largest absolute Gasteiger partial charge is 0.497 e. The van der Waals surface area contributed by atoms with Gasteiger partial charge in [-0.15, -0.1) is 0 Å². The molecule has 3 rings (SSSR count). The van der Waals surface area contributed by atoms with Gasteiger partial charge in [0.2, 0.25) is 5.88 Å². The molecule has 1 N–H and O–H groups in total. The van der Waals surface area contributed by atoms with E-state index < -0.39 is 0 Å². The van der Waals surface area contributed by atoms with Crippen LogP contribution in [0.1, 0.15) is 38.8 Å². The summed E-state index contributed by atoms with van der Waals surface area (Å²) in [5.41, 5.74) is 1.23. The Morgan fingerprint density at radius 1 is 1.03 bits per heavy atom. The summed E-state index contributed by atoms with van der Waals surface area (Å²) in [6, 6.07) is 15.7. The highest BCUT2D eigenvalue weighted by Crippen LogP contribution is 2.24. The molecule has 0 aliphatic rings. The molecule has 0 amide bonds. The van der Waals surface area contributed by atoms with E-state index in [0.29, 0.717) is 35.0 Å². The van der Waals surface area contributed by atoms with Crippen molar-refractivity contribution in [2.45, 2.75) is 46.3 Å². The van der Waals surface area contributed by atoms with E-state index in [1.165, 1.54) is 4.57 Å². The van der Waals surface area contributed by atoms with Crippen molar-refractivity contribution in [3.8, 4) is 11.6 Å². The molecule has 6 nitrogen and oxygen atoms in total. The monoisotopic (exact) mass is 435 g/mol. The molecule has 0 spiro atoms. The SMILES string of the molecule is COc1ccc(Cn2c(O)c(C=NCCN(C(C)C)C(C)C)c3ccccc3c2=O)cc1. The summed E-state index contributed by atoms with van der Waals surface area (Å²) in [5.74, 6) is 0.673. The van der Waals surface area contributed by atoms with Crippen LogP contribution in [0.4, 0.5) is 0 Å². The lowest BCUT2D eigenvalue weighted by atomic mass is 10.1. The van der Waals surface area contributed by atoms with Crippen molar-refractivity contribution in [1.82, 2.24) is 9.47 Å². The quantitative estimate of drug-likeness (QED) is 0.509. The van der Waals surface area contributed by atoms with Crippen LogP contribution in [0.5, 0.6) is 11.6 Å². The third kappa shape index (κ3) is 5.19. The number of hydrogen-bond acceptors (Lipinski definition) is 5. The van der Waals surface area contributed by atoms with Crippen LogP contribution in [0.25, 0.3) is 10.8 Å². The summed E-state index contributed by atoms with van der Waals surface area (Å²) in [6.45, 7) is 10.4. The standard InChI is InChI=1S/C26H33N3O3/c1-18(2)28(19(3)4)15-14-27-16-24-22-8-6-7-9-23(22)25(30)29(26(24)31)17-20-10-12-21(32-5)13-11-20/h6-13,16,18-19,31H,14-15,17H2,1-5H3. The minimum absolute atomic E-state index is 0.0714. The van der Waals surface area contributed by atoms with E-state index >= 15 is 0 Å². The van der Waals surface area contributed by atoms with Crippen LogP contribution in [-0.2, 0) is 6.54 Å². The number of nitrogens with zero attached hydrogens (tertiary/aromatic N) is 3. The van der Waals surface area contributed by atoms with Gasteiger partial charge in [0.25, 0.3) is 5.56 Å². The molecular weight excluding hydrogens is 402 g/mol. The summed E-state index contributed by atoms with van der Waals surface area (Å²) < 4.78 is 6.61. The van der Waals surface area contributed by atoms with Gasteiger partial charge in [-0.3, -0.25) is 19.3 Å². The van der Waals surface area contributed by atoms with Crippen molar-refractivity contribution in [2.24, 2.45) is 4.99 Å². The van der Waals surface area contributed by atoms with Crippen molar-refractivity contribution in [1.29, 1.82) is 0 Å². The molecule has 1 aromatic heterocycles. The third-order valence-corrected chi connectivity index (χ3v) is 5.72. The first-order valence-electron chi connectivity index (χ1n) is 11.1. The van der Waals surface area contributed by atoms with Crippen molar-refractivity contribution in [3.05, 3.63) is 70.0 Å². The number of benzene rings is 2. The Balaban J connectivity index is 1.95. The van der Waals surface area contributed by atoms with Crippen LogP contribution in [0, 0.1) is 0 Å². The number of rotatable bonds is 9. The van der Waals surface area contributed by atoms with Gasteiger partial charge in [-0.05, 0) is 51.5 Å². The zero-order valence-electron chi connectivity index (χ0n) is 19.6. The van der Waals surface area contributed by atoms with Gasteiger partial charge in [0.1, 0.15) is 5.75 Å². The summed E-state index contributed by atoms with van der Waals surface area (Å²) in [6.07, 6.45) is 1.69. The number of ether oxygens (including phenoxy) is 1. The summed E-state index contributed by atoms with van der Waals surface area (Å²) >= 11 is 0. The van der Waals surface area contributed by atoms with Gasteiger partial charge in [0, 0.05) is 35.6 Å². The van der Waals surface area contributed by atoms with Crippen molar-refractivity contribution in [2.75, 3.05) is 20.2 Å². The van der Waals surface area contributed by atoms with Gasteiger partial charge in [-0.1, -0.05) is 30.3 Å². The Morgan fingerprint density at radius 3 is 2.25 bits per heavy atom. The normalized spacial score (nSPS) is 12.0. The lowest BCUT2D eigenvalue weighted by molar-refractivity contribution is 0.181. The Bertz CT molecular complexity index is 1120. The van der Waals surface area contributed by atoms with Crippen LogP contribution in [0.15, 0.2) is 58.3 Å². The molecule has 0 aliphatic heterocycles. The Labute approximate surface area is 189 Å². The van der Waals surface area contributed by atoms with Gasteiger partial charge in [-0.25, -0.2) is 0 Å². The van der Waals surface area contributed by atoms with E-state index in [2.05, 4.69) is 37.6 Å².